The third-order valence-electron chi connectivity index (χ3n) is 8.86. The number of alkyl halides is 3. The summed E-state index contributed by atoms with van der Waals surface area (Å²) in [5.74, 6) is 1.79. The summed E-state index contributed by atoms with van der Waals surface area (Å²) in [6.07, 6.45) is 3.83. The highest BCUT2D eigenvalue weighted by Gasteiger charge is 2.40. The Balaban J connectivity index is 0.00000118. The Bertz CT molecular complexity index is 1430. The predicted octanol–water partition coefficient (Wildman–Crippen LogP) is 8.31. The number of hydrogen-bond acceptors (Lipinski definition) is 6. The number of ether oxygens (including phenoxy) is 2. The van der Waals surface area contributed by atoms with Crippen molar-refractivity contribution < 1.29 is 27.4 Å². The van der Waals surface area contributed by atoms with Crippen LogP contribution in [0.4, 0.5) is 24.5 Å². The number of nitrogens with zero attached hydrogens (tertiary/aromatic N) is 3. The molecule has 2 aromatic carbocycles. The van der Waals surface area contributed by atoms with Crippen LogP contribution in [0.15, 0.2) is 63.9 Å². The van der Waals surface area contributed by atoms with Gasteiger partial charge >= 0.3 is 6.18 Å². The molecular weight excluding hydrogens is 555 g/mol. The molecule has 0 N–H and O–H groups in total. The Kier molecular flexibility index (Phi) is 9.18. The fourth-order valence-corrected chi connectivity index (χ4v) is 6.44. The van der Waals surface area contributed by atoms with Crippen LogP contribution in [0.5, 0.6) is 11.5 Å². The van der Waals surface area contributed by atoms with Gasteiger partial charge in [-0.2, -0.15) is 18.3 Å². The molecule has 1 atom stereocenters. The van der Waals surface area contributed by atoms with Gasteiger partial charge in [-0.05, 0) is 105 Å². The third-order valence-corrected chi connectivity index (χ3v) is 8.86. The highest BCUT2D eigenvalue weighted by Crippen LogP contribution is 2.49. The van der Waals surface area contributed by atoms with Crippen molar-refractivity contribution in [2.24, 2.45) is 11.0 Å². The maximum atomic E-state index is 14.6. The Morgan fingerprint density at radius 3 is 2.19 bits per heavy atom. The summed E-state index contributed by atoms with van der Waals surface area (Å²) in [6.45, 7) is 5.33. The maximum absolute atomic E-state index is 14.6. The molecule has 43 heavy (non-hydrogen) atoms. The number of methoxy groups -OCH3 is 2. The lowest BCUT2D eigenvalue weighted by atomic mass is 9.85. The van der Waals surface area contributed by atoms with Gasteiger partial charge in [0.25, 0.3) is 0 Å². The van der Waals surface area contributed by atoms with Gasteiger partial charge < -0.3 is 19.2 Å². The Morgan fingerprint density at radius 1 is 0.977 bits per heavy atom. The number of halogens is 3. The van der Waals surface area contributed by atoms with E-state index in [0.717, 1.165) is 98.8 Å². The van der Waals surface area contributed by atoms with Gasteiger partial charge in [-0.15, -0.1) is 0 Å². The van der Waals surface area contributed by atoms with Gasteiger partial charge in [0.1, 0.15) is 17.8 Å². The standard InChI is InChI=1S/C32H36F3N3O2.C2H4O/c1-4-20-13-14-37(19-20)23-11-12-28(32(33,34)35)29(17-23)38-31(21-7-5-8-21)27-10-6-9-26(27)30(36-38)22-15-24(39-2)18-25(16-22)40-3;1-2-3/h11-12,15-18,20H,4-10,13-14,19H2,1-3H3;2H,1H3. The largest absolute Gasteiger partial charge is 0.497 e. The fraction of sp³-hybridized carbons (Fsp3) is 0.471. The first kappa shape index (κ1) is 30.7. The van der Waals surface area contributed by atoms with Crippen LogP contribution in [0.1, 0.15) is 76.3 Å². The van der Waals surface area contributed by atoms with E-state index < -0.39 is 11.7 Å². The molecule has 1 saturated heterocycles. The molecule has 2 fully saturated rings. The molecule has 2 aromatic rings. The molecule has 9 heteroatoms. The van der Waals surface area contributed by atoms with Crippen LogP contribution in [-0.2, 0) is 11.0 Å². The number of aldehydes is 1. The van der Waals surface area contributed by atoms with Crippen molar-refractivity contribution in [3.8, 4) is 11.5 Å². The Hall–Kier alpha value is -3.75. The molecule has 1 unspecified atom stereocenters. The first-order valence-corrected chi connectivity index (χ1v) is 15.1. The minimum absolute atomic E-state index is 0.102. The van der Waals surface area contributed by atoms with E-state index in [4.69, 9.17) is 19.4 Å². The number of carbonyl (C=O) groups is 1. The van der Waals surface area contributed by atoms with Crippen molar-refractivity contribution in [2.45, 2.75) is 71.4 Å². The molecule has 4 aliphatic rings. The molecule has 0 spiro atoms. The van der Waals surface area contributed by atoms with Crippen molar-refractivity contribution in [3.05, 3.63) is 69.9 Å². The summed E-state index contributed by atoms with van der Waals surface area (Å²) in [4.78, 5) is 11.0. The van der Waals surface area contributed by atoms with Crippen LogP contribution in [0.3, 0.4) is 0 Å². The van der Waals surface area contributed by atoms with Gasteiger partial charge in [0.05, 0.1) is 36.9 Å². The number of benzene rings is 2. The van der Waals surface area contributed by atoms with E-state index >= 15 is 0 Å². The summed E-state index contributed by atoms with van der Waals surface area (Å²) >= 11 is 0. The minimum Gasteiger partial charge on any atom is -0.497 e. The second-order valence-electron chi connectivity index (χ2n) is 11.4. The van der Waals surface area contributed by atoms with Gasteiger partial charge in [0, 0.05) is 30.4 Å². The molecular formula is C34H40F3N3O3. The number of hydrogen-bond donors (Lipinski definition) is 0. The first-order chi connectivity index (χ1) is 20.7. The quantitative estimate of drug-likeness (QED) is 0.315. The Labute approximate surface area is 251 Å². The van der Waals surface area contributed by atoms with Crippen LogP contribution in [-0.4, -0.2) is 39.3 Å². The highest BCUT2D eigenvalue weighted by molar-refractivity contribution is 6.15. The van der Waals surface area contributed by atoms with Crippen molar-refractivity contribution in [3.63, 3.8) is 0 Å². The monoisotopic (exact) mass is 595 g/mol. The molecule has 0 radical (unpaired) electrons. The summed E-state index contributed by atoms with van der Waals surface area (Å²) in [5.41, 5.74) is 6.08. The third kappa shape index (κ3) is 6.17. The molecule has 0 aromatic heterocycles. The Morgan fingerprint density at radius 2 is 1.63 bits per heavy atom. The van der Waals surface area contributed by atoms with Crippen LogP contribution in [0, 0.1) is 5.92 Å². The molecule has 6 nitrogen and oxygen atoms in total. The van der Waals surface area contributed by atoms with Crippen molar-refractivity contribution in [1.82, 2.24) is 0 Å². The summed E-state index contributed by atoms with van der Waals surface area (Å²) in [6, 6.07) is 10.2. The fourth-order valence-electron chi connectivity index (χ4n) is 6.44. The molecule has 0 bridgehead atoms. The van der Waals surface area contributed by atoms with E-state index in [1.54, 1.807) is 37.4 Å². The number of anilines is 2. The number of hydrazone groups is 1. The van der Waals surface area contributed by atoms with Gasteiger partial charge in [-0.1, -0.05) is 13.3 Å². The van der Waals surface area contributed by atoms with Crippen molar-refractivity contribution in [2.75, 3.05) is 37.2 Å². The van der Waals surface area contributed by atoms with Crippen LogP contribution in [0.25, 0.3) is 0 Å². The van der Waals surface area contributed by atoms with E-state index in [9.17, 15) is 13.2 Å². The van der Waals surface area contributed by atoms with Crippen molar-refractivity contribution in [1.29, 1.82) is 0 Å². The topological polar surface area (TPSA) is 54.4 Å². The van der Waals surface area contributed by atoms with E-state index in [1.165, 1.54) is 18.6 Å². The summed E-state index contributed by atoms with van der Waals surface area (Å²) in [7, 11) is 3.19. The van der Waals surface area contributed by atoms with Crippen molar-refractivity contribution >= 4 is 23.4 Å². The van der Waals surface area contributed by atoms with Crippen LogP contribution < -0.4 is 19.4 Å². The van der Waals surface area contributed by atoms with E-state index in [-0.39, 0.29) is 5.69 Å². The van der Waals surface area contributed by atoms with Gasteiger partial charge in [0.15, 0.2) is 0 Å². The zero-order valence-electron chi connectivity index (χ0n) is 25.4. The molecule has 1 saturated carbocycles. The van der Waals surface area contributed by atoms with Gasteiger partial charge in [-0.25, -0.2) is 5.01 Å². The molecule has 0 amide bonds. The molecule has 2 aliphatic heterocycles. The van der Waals surface area contributed by atoms with Gasteiger partial charge in [-0.3, -0.25) is 0 Å². The first-order valence-electron chi connectivity index (χ1n) is 15.1. The number of allylic oxidation sites excluding steroid dienone is 3. The van der Waals surface area contributed by atoms with E-state index in [2.05, 4.69) is 11.8 Å². The summed E-state index contributed by atoms with van der Waals surface area (Å²) < 4.78 is 54.8. The zero-order valence-corrected chi connectivity index (χ0v) is 25.4. The maximum Gasteiger partial charge on any atom is 0.418 e. The highest BCUT2D eigenvalue weighted by atomic mass is 19.4. The second kappa shape index (κ2) is 12.9. The minimum atomic E-state index is -4.51. The molecule has 6 rings (SSSR count). The molecule has 2 heterocycles. The lowest BCUT2D eigenvalue weighted by molar-refractivity contribution is -0.137. The average Bonchev–Trinajstić information content (AvgIpc) is 3.66. The SMILES string of the molecule is CC=O.CCC1CCN(c2ccc(C(F)(F)F)c(N3N=C(c4cc(OC)cc(OC)c4)C4=C(CCC4)C3=C3CCC3)c2)C1. The van der Waals surface area contributed by atoms with Gasteiger partial charge in [0.2, 0.25) is 0 Å². The average molecular weight is 596 g/mol. The van der Waals surface area contributed by atoms with Crippen LogP contribution >= 0.6 is 0 Å². The lowest BCUT2D eigenvalue weighted by Crippen LogP contribution is -2.30. The summed E-state index contributed by atoms with van der Waals surface area (Å²) in [5, 5.41) is 6.70. The lowest BCUT2D eigenvalue weighted by Gasteiger charge is -2.36. The van der Waals surface area contributed by atoms with E-state index in [1.807, 2.05) is 12.1 Å². The number of carbonyl (C=O) groups excluding carboxylic acids is 1. The van der Waals surface area contributed by atoms with E-state index in [0.29, 0.717) is 23.1 Å². The normalized spacial score (nSPS) is 19.9. The smallest absolute Gasteiger partial charge is 0.418 e. The molecule has 2 aliphatic carbocycles. The zero-order chi connectivity index (χ0) is 30.7. The predicted molar refractivity (Wildman–Crippen MR) is 164 cm³/mol. The number of rotatable bonds is 6. The van der Waals surface area contributed by atoms with Crippen LogP contribution in [0.2, 0.25) is 0 Å². The molecule has 230 valence electrons. The second-order valence-corrected chi connectivity index (χ2v) is 11.4.